The van der Waals surface area contributed by atoms with Crippen LogP contribution in [0.1, 0.15) is 66.2 Å². The van der Waals surface area contributed by atoms with Crippen LogP contribution in [0.4, 0.5) is 0 Å². The van der Waals surface area contributed by atoms with Gasteiger partial charge in [-0.05, 0) is 40.0 Å². The lowest BCUT2D eigenvalue weighted by Gasteiger charge is -2.15. The fourth-order valence-electron chi connectivity index (χ4n) is 2.00. The lowest BCUT2D eigenvalue weighted by atomic mass is 9.91. The van der Waals surface area contributed by atoms with E-state index in [4.69, 9.17) is 0 Å². The van der Waals surface area contributed by atoms with E-state index in [-0.39, 0.29) is 0 Å². The Hall–Kier alpha value is -0.600. The van der Waals surface area contributed by atoms with Crippen LogP contribution in [0.3, 0.4) is 0 Å². The maximum absolute atomic E-state index is 3.64. The standard InChI is InChI=1S/C7H15N.C7H14.C2H7N.C2H6.C2H4/c1-4-6-8(3)7-5-2;1-7-5-3-2-4-6-7;1-3-2;2*1-2/h4H,1,5-7H2,2-3H3;7H,2-6H2,1H3;3H,1-2H3;1-2H3;1-2H2. The second-order valence-electron chi connectivity index (χ2n) is 5.29. The molecule has 0 unspecified atom stereocenters. The normalized spacial score (nSPS) is 12.9. The predicted octanol–water partition coefficient (Wildman–Crippen LogP) is 5.76. The second kappa shape index (κ2) is 32.4. The third-order valence-corrected chi connectivity index (χ3v) is 2.94. The molecule has 2 heteroatoms. The molecule has 0 atom stereocenters. The first kappa shape index (κ1) is 29.4. The smallest absolute Gasteiger partial charge is 0.0157 e. The second-order valence-corrected chi connectivity index (χ2v) is 5.29. The van der Waals surface area contributed by atoms with Crippen molar-refractivity contribution in [3.63, 3.8) is 0 Å². The zero-order valence-electron chi connectivity index (χ0n) is 16.9. The predicted molar refractivity (Wildman–Crippen MR) is 108 cm³/mol. The quantitative estimate of drug-likeness (QED) is 0.663. The molecule has 0 aromatic rings. The molecule has 0 spiro atoms. The molecule has 1 rings (SSSR count). The summed E-state index contributed by atoms with van der Waals surface area (Å²) in [7, 11) is 5.85. The summed E-state index contributed by atoms with van der Waals surface area (Å²) in [5.74, 6) is 1.04. The number of hydrogen-bond acceptors (Lipinski definition) is 2. The lowest BCUT2D eigenvalue weighted by Crippen LogP contribution is -2.18. The van der Waals surface area contributed by atoms with Gasteiger partial charge in [0.2, 0.25) is 0 Å². The molecule has 1 fully saturated rings. The van der Waals surface area contributed by atoms with Crippen molar-refractivity contribution in [1.29, 1.82) is 0 Å². The van der Waals surface area contributed by atoms with Crippen molar-refractivity contribution in [2.24, 2.45) is 5.92 Å². The van der Waals surface area contributed by atoms with Crippen LogP contribution in [0, 0.1) is 5.92 Å². The van der Waals surface area contributed by atoms with E-state index in [9.17, 15) is 0 Å². The highest BCUT2D eigenvalue weighted by atomic mass is 15.1. The molecule has 0 radical (unpaired) electrons. The van der Waals surface area contributed by atoms with Gasteiger partial charge < -0.3 is 10.2 Å². The van der Waals surface area contributed by atoms with Crippen molar-refractivity contribution in [3.8, 4) is 0 Å². The van der Waals surface area contributed by atoms with Crippen LogP contribution in [0.15, 0.2) is 25.8 Å². The van der Waals surface area contributed by atoms with Crippen LogP contribution < -0.4 is 5.32 Å². The first-order chi connectivity index (χ1) is 10.6. The Balaban J connectivity index is -0.000000105. The molecule has 0 aromatic heterocycles. The highest BCUT2D eigenvalue weighted by Gasteiger charge is 2.05. The minimum Gasteiger partial charge on any atom is -0.323 e. The summed E-state index contributed by atoms with van der Waals surface area (Å²) < 4.78 is 0. The maximum Gasteiger partial charge on any atom is 0.0157 e. The number of nitrogens with one attached hydrogen (secondary N) is 1. The van der Waals surface area contributed by atoms with E-state index in [2.05, 4.69) is 50.8 Å². The van der Waals surface area contributed by atoms with Gasteiger partial charge in [0.1, 0.15) is 0 Å². The third kappa shape index (κ3) is 36.6. The van der Waals surface area contributed by atoms with Crippen LogP contribution in [0.25, 0.3) is 0 Å². The van der Waals surface area contributed by atoms with Crippen LogP contribution in [0.2, 0.25) is 0 Å². The van der Waals surface area contributed by atoms with Crippen LogP contribution in [0.5, 0.6) is 0 Å². The summed E-state index contributed by atoms with van der Waals surface area (Å²) in [6.45, 7) is 20.4. The Labute approximate surface area is 143 Å². The van der Waals surface area contributed by atoms with Crippen molar-refractivity contribution >= 4 is 0 Å². The lowest BCUT2D eigenvalue weighted by molar-refractivity contribution is 0.371. The van der Waals surface area contributed by atoms with Gasteiger partial charge in [0.05, 0.1) is 0 Å². The zero-order valence-corrected chi connectivity index (χ0v) is 16.9. The molecule has 0 saturated heterocycles. The number of likely N-dealkylation sites (N-methyl/N-ethyl adjacent to an activating group) is 1. The van der Waals surface area contributed by atoms with Gasteiger partial charge in [-0.1, -0.05) is 65.9 Å². The molecule has 22 heavy (non-hydrogen) atoms. The summed E-state index contributed by atoms with van der Waals surface area (Å²) >= 11 is 0. The molecule has 0 heterocycles. The van der Waals surface area contributed by atoms with Crippen LogP contribution >= 0.6 is 0 Å². The van der Waals surface area contributed by atoms with Crippen molar-refractivity contribution in [2.45, 2.75) is 66.2 Å². The number of rotatable bonds is 4. The summed E-state index contributed by atoms with van der Waals surface area (Å²) in [5.41, 5.74) is 0. The molecule has 1 N–H and O–H groups in total. The average molecular weight is 315 g/mol. The SMILES string of the molecule is C=C.C=CCN(C)CCC.CC.CC1CCCCC1.CNC. The zero-order chi connectivity index (χ0) is 18.2. The molecule has 0 aliphatic heterocycles. The topological polar surface area (TPSA) is 15.3 Å². The van der Waals surface area contributed by atoms with E-state index in [0.717, 1.165) is 12.5 Å². The van der Waals surface area contributed by atoms with Gasteiger partial charge in [-0.3, -0.25) is 0 Å². The first-order valence-corrected chi connectivity index (χ1v) is 9.00. The van der Waals surface area contributed by atoms with Gasteiger partial charge in [0, 0.05) is 6.54 Å². The Kier molecular flexibility index (Phi) is 43.3. The average Bonchev–Trinajstić information content (AvgIpc) is 2.54. The fraction of sp³-hybridized carbons (Fsp3) is 0.800. The minimum absolute atomic E-state index is 1.01. The Morgan fingerprint density at radius 3 is 1.73 bits per heavy atom. The van der Waals surface area contributed by atoms with Crippen molar-refractivity contribution in [1.82, 2.24) is 10.2 Å². The highest BCUT2D eigenvalue weighted by Crippen LogP contribution is 2.22. The van der Waals surface area contributed by atoms with Gasteiger partial charge in [-0.25, -0.2) is 0 Å². The maximum atomic E-state index is 3.64. The Morgan fingerprint density at radius 1 is 1.09 bits per heavy atom. The molecular weight excluding hydrogens is 268 g/mol. The molecule has 0 amide bonds. The van der Waals surface area contributed by atoms with E-state index < -0.39 is 0 Å². The molecule has 136 valence electrons. The monoisotopic (exact) mass is 314 g/mol. The van der Waals surface area contributed by atoms with E-state index in [1.54, 1.807) is 0 Å². The molecule has 0 aromatic carbocycles. The highest BCUT2D eigenvalue weighted by molar-refractivity contribution is 4.70. The summed E-state index contributed by atoms with van der Waals surface area (Å²) in [6.07, 6.45) is 10.6. The van der Waals surface area contributed by atoms with Crippen LogP contribution in [-0.4, -0.2) is 39.1 Å². The Morgan fingerprint density at radius 2 is 1.50 bits per heavy atom. The van der Waals surface area contributed by atoms with E-state index >= 15 is 0 Å². The van der Waals surface area contributed by atoms with Gasteiger partial charge in [-0.15, -0.1) is 19.7 Å². The molecule has 1 aliphatic rings. The fourth-order valence-corrected chi connectivity index (χ4v) is 2.00. The van der Waals surface area contributed by atoms with Gasteiger partial charge in [-0.2, -0.15) is 0 Å². The Bertz CT molecular complexity index is 163. The molecular formula is C20H46N2. The summed E-state index contributed by atoms with van der Waals surface area (Å²) in [4.78, 5) is 2.24. The van der Waals surface area contributed by atoms with Crippen molar-refractivity contribution < 1.29 is 0 Å². The summed E-state index contributed by atoms with van der Waals surface area (Å²) in [5, 5.41) is 2.75. The van der Waals surface area contributed by atoms with Gasteiger partial charge in [0.25, 0.3) is 0 Å². The molecule has 0 bridgehead atoms. The van der Waals surface area contributed by atoms with Crippen molar-refractivity contribution in [3.05, 3.63) is 25.8 Å². The molecule has 1 saturated carbocycles. The van der Waals surface area contributed by atoms with Crippen molar-refractivity contribution in [2.75, 3.05) is 34.2 Å². The minimum atomic E-state index is 1.01. The molecule has 2 nitrogen and oxygen atoms in total. The number of hydrogen-bond donors (Lipinski definition) is 1. The van der Waals surface area contributed by atoms with Crippen LogP contribution in [-0.2, 0) is 0 Å². The van der Waals surface area contributed by atoms with E-state index in [0.29, 0.717) is 0 Å². The number of nitrogens with zero attached hydrogens (tertiary/aromatic N) is 1. The summed E-state index contributed by atoms with van der Waals surface area (Å²) in [6, 6.07) is 0. The third-order valence-electron chi connectivity index (χ3n) is 2.94. The van der Waals surface area contributed by atoms with E-state index in [1.807, 2.05) is 34.0 Å². The largest absolute Gasteiger partial charge is 0.323 e. The first-order valence-electron chi connectivity index (χ1n) is 9.00. The molecule has 1 aliphatic carbocycles. The van der Waals surface area contributed by atoms with E-state index in [1.165, 1.54) is 45.1 Å². The van der Waals surface area contributed by atoms with Gasteiger partial charge in [0.15, 0.2) is 0 Å². The van der Waals surface area contributed by atoms with Gasteiger partial charge >= 0.3 is 0 Å².